The van der Waals surface area contributed by atoms with Gasteiger partial charge in [0.2, 0.25) is 0 Å². The lowest BCUT2D eigenvalue weighted by atomic mass is 9.92. The van der Waals surface area contributed by atoms with E-state index in [-0.39, 0.29) is 17.9 Å². The van der Waals surface area contributed by atoms with Crippen molar-refractivity contribution in [3.05, 3.63) is 42.5 Å². The van der Waals surface area contributed by atoms with Crippen LogP contribution in [0.5, 0.6) is 5.75 Å². The molecule has 2 aliphatic heterocycles. The van der Waals surface area contributed by atoms with Gasteiger partial charge in [0.1, 0.15) is 11.8 Å². The Kier molecular flexibility index (Phi) is 5.25. The van der Waals surface area contributed by atoms with Crippen LogP contribution >= 0.6 is 0 Å². The number of hydrogen-bond acceptors (Lipinski definition) is 4. The number of nitrogens with one attached hydrogen (secondary N) is 1. The van der Waals surface area contributed by atoms with Crippen LogP contribution in [-0.4, -0.2) is 49.2 Å². The zero-order valence-corrected chi connectivity index (χ0v) is 15.2. The highest BCUT2D eigenvalue weighted by molar-refractivity contribution is 6.04. The van der Waals surface area contributed by atoms with Crippen LogP contribution < -0.4 is 10.1 Å². The SMILES string of the molecule is O=C1NC(C2CCOCC2)C(=O)N1CCCOc1ccc2ccccc2c1. The van der Waals surface area contributed by atoms with Crippen molar-refractivity contribution >= 4 is 22.7 Å². The molecule has 2 heterocycles. The van der Waals surface area contributed by atoms with Crippen molar-refractivity contribution < 1.29 is 19.1 Å². The summed E-state index contributed by atoms with van der Waals surface area (Å²) < 4.78 is 11.1. The molecule has 0 aromatic heterocycles. The summed E-state index contributed by atoms with van der Waals surface area (Å²) in [5, 5.41) is 5.14. The topological polar surface area (TPSA) is 67.9 Å². The van der Waals surface area contributed by atoms with E-state index >= 15 is 0 Å². The molecule has 2 aromatic carbocycles. The summed E-state index contributed by atoms with van der Waals surface area (Å²) in [5.74, 6) is 0.859. The van der Waals surface area contributed by atoms with Crippen LogP contribution in [0.2, 0.25) is 0 Å². The minimum Gasteiger partial charge on any atom is -0.494 e. The summed E-state index contributed by atoms with van der Waals surface area (Å²) in [6, 6.07) is 13.4. The van der Waals surface area contributed by atoms with Gasteiger partial charge in [-0.1, -0.05) is 30.3 Å². The lowest BCUT2D eigenvalue weighted by molar-refractivity contribution is -0.129. The molecule has 6 heteroatoms. The first-order valence-corrected chi connectivity index (χ1v) is 9.53. The summed E-state index contributed by atoms with van der Waals surface area (Å²) in [7, 11) is 0. The summed E-state index contributed by atoms with van der Waals surface area (Å²) >= 11 is 0. The van der Waals surface area contributed by atoms with E-state index < -0.39 is 6.04 Å². The van der Waals surface area contributed by atoms with Gasteiger partial charge in [-0.2, -0.15) is 0 Å². The minimum absolute atomic E-state index is 0.113. The molecule has 0 saturated carbocycles. The summed E-state index contributed by atoms with van der Waals surface area (Å²) in [4.78, 5) is 26.1. The zero-order valence-electron chi connectivity index (χ0n) is 15.2. The predicted octanol–water partition coefficient (Wildman–Crippen LogP) is 2.96. The number of carbonyl (C=O) groups excluding carboxylic acids is 2. The molecule has 6 nitrogen and oxygen atoms in total. The smallest absolute Gasteiger partial charge is 0.324 e. The van der Waals surface area contributed by atoms with Gasteiger partial charge in [0, 0.05) is 19.8 Å². The number of imide groups is 1. The van der Waals surface area contributed by atoms with Gasteiger partial charge in [0.05, 0.1) is 6.61 Å². The maximum atomic E-state index is 12.6. The van der Waals surface area contributed by atoms with Crippen LogP contribution in [0.4, 0.5) is 4.79 Å². The first-order chi connectivity index (χ1) is 13.2. The highest BCUT2D eigenvalue weighted by Crippen LogP contribution is 2.24. The van der Waals surface area contributed by atoms with Crippen LogP contribution in [0.3, 0.4) is 0 Å². The Morgan fingerprint density at radius 3 is 2.67 bits per heavy atom. The second-order valence-corrected chi connectivity index (χ2v) is 7.08. The number of benzene rings is 2. The second kappa shape index (κ2) is 7.96. The number of fused-ring (bicyclic) bond motifs is 1. The van der Waals surface area contributed by atoms with E-state index in [0.717, 1.165) is 24.0 Å². The molecule has 3 amide bonds. The normalized spacial score (nSPS) is 20.9. The third-order valence-corrected chi connectivity index (χ3v) is 5.31. The van der Waals surface area contributed by atoms with Crippen LogP contribution in [0.25, 0.3) is 10.8 Å². The molecule has 4 rings (SSSR count). The molecule has 0 radical (unpaired) electrons. The third-order valence-electron chi connectivity index (χ3n) is 5.31. The number of rotatable bonds is 6. The van der Waals surface area contributed by atoms with Gasteiger partial charge in [0.15, 0.2) is 0 Å². The lowest BCUT2D eigenvalue weighted by Crippen LogP contribution is -2.40. The number of ether oxygens (including phenoxy) is 2. The fourth-order valence-electron chi connectivity index (χ4n) is 3.79. The molecule has 2 saturated heterocycles. The van der Waals surface area contributed by atoms with Gasteiger partial charge < -0.3 is 14.8 Å². The van der Waals surface area contributed by atoms with Gasteiger partial charge in [0.25, 0.3) is 5.91 Å². The van der Waals surface area contributed by atoms with Crippen molar-refractivity contribution in [2.75, 3.05) is 26.4 Å². The van der Waals surface area contributed by atoms with Crippen LogP contribution in [0.1, 0.15) is 19.3 Å². The highest BCUT2D eigenvalue weighted by Gasteiger charge is 2.42. The Labute approximate surface area is 158 Å². The summed E-state index contributed by atoms with van der Waals surface area (Å²) in [6.45, 7) is 2.14. The molecule has 2 aliphatic rings. The van der Waals surface area contributed by atoms with Crippen molar-refractivity contribution in [3.8, 4) is 5.75 Å². The molecule has 0 bridgehead atoms. The molecule has 27 heavy (non-hydrogen) atoms. The largest absolute Gasteiger partial charge is 0.494 e. The van der Waals surface area contributed by atoms with Crippen molar-refractivity contribution in [3.63, 3.8) is 0 Å². The molecule has 2 aromatic rings. The molecule has 0 aliphatic carbocycles. The summed E-state index contributed by atoms with van der Waals surface area (Å²) in [5.41, 5.74) is 0. The predicted molar refractivity (Wildman–Crippen MR) is 102 cm³/mol. The number of urea groups is 1. The molecule has 0 spiro atoms. The average molecular weight is 368 g/mol. The van der Waals surface area contributed by atoms with Gasteiger partial charge in [-0.3, -0.25) is 9.69 Å². The lowest BCUT2D eigenvalue weighted by Gasteiger charge is -2.25. The molecule has 1 unspecified atom stereocenters. The van der Waals surface area contributed by atoms with Gasteiger partial charge in [-0.15, -0.1) is 0 Å². The van der Waals surface area contributed by atoms with E-state index in [1.165, 1.54) is 10.3 Å². The maximum absolute atomic E-state index is 12.6. The van der Waals surface area contributed by atoms with Crippen molar-refractivity contribution in [2.45, 2.75) is 25.3 Å². The Morgan fingerprint density at radius 2 is 1.85 bits per heavy atom. The third kappa shape index (κ3) is 3.90. The molecular weight excluding hydrogens is 344 g/mol. The van der Waals surface area contributed by atoms with E-state index in [0.29, 0.717) is 32.8 Å². The monoisotopic (exact) mass is 368 g/mol. The first kappa shape index (κ1) is 17.8. The van der Waals surface area contributed by atoms with Gasteiger partial charge in [-0.05, 0) is 48.1 Å². The van der Waals surface area contributed by atoms with Crippen molar-refractivity contribution in [1.29, 1.82) is 0 Å². The molecule has 1 atom stereocenters. The number of carbonyl (C=O) groups is 2. The number of amides is 3. The van der Waals surface area contributed by atoms with Crippen LogP contribution in [-0.2, 0) is 9.53 Å². The number of hydrogen-bond donors (Lipinski definition) is 1. The fourth-order valence-corrected chi connectivity index (χ4v) is 3.79. The Balaban J connectivity index is 1.28. The van der Waals surface area contributed by atoms with Crippen LogP contribution in [0.15, 0.2) is 42.5 Å². The van der Waals surface area contributed by atoms with Gasteiger partial charge in [-0.25, -0.2) is 4.79 Å². The highest BCUT2D eigenvalue weighted by atomic mass is 16.5. The fraction of sp³-hybridized carbons (Fsp3) is 0.429. The zero-order chi connectivity index (χ0) is 18.6. The molecule has 2 fully saturated rings. The van der Waals surface area contributed by atoms with E-state index in [1.807, 2.05) is 36.4 Å². The second-order valence-electron chi connectivity index (χ2n) is 7.08. The molecular formula is C21H24N2O4. The average Bonchev–Trinajstić information content (AvgIpc) is 3.00. The van der Waals surface area contributed by atoms with Crippen molar-refractivity contribution in [2.24, 2.45) is 5.92 Å². The van der Waals surface area contributed by atoms with E-state index in [1.54, 1.807) is 0 Å². The minimum atomic E-state index is -0.400. The summed E-state index contributed by atoms with van der Waals surface area (Å²) in [6.07, 6.45) is 2.23. The Bertz CT molecular complexity index is 832. The standard InChI is InChI=1S/C21H24N2O4/c24-20-19(16-8-12-26-13-9-16)22-21(25)23(20)10-3-11-27-18-7-6-15-4-1-2-5-17(15)14-18/h1-2,4-7,14,16,19H,3,8-13H2,(H,22,25). The van der Waals surface area contributed by atoms with Gasteiger partial charge >= 0.3 is 6.03 Å². The quantitative estimate of drug-likeness (QED) is 0.629. The van der Waals surface area contributed by atoms with E-state index in [2.05, 4.69) is 11.4 Å². The van der Waals surface area contributed by atoms with Crippen molar-refractivity contribution in [1.82, 2.24) is 10.2 Å². The number of nitrogens with zero attached hydrogens (tertiary/aromatic N) is 1. The Morgan fingerprint density at radius 1 is 1.07 bits per heavy atom. The van der Waals surface area contributed by atoms with E-state index in [4.69, 9.17) is 9.47 Å². The first-order valence-electron chi connectivity index (χ1n) is 9.53. The van der Waals surface area contributed by atoms with E-state index in [9.17, 15) is 9.59 Å². The Hall–Kier alpha value is -2.60. The maximum Gasteiger partial charge on any atom is 0.324 e. The molecule has 1 N–H and O–H groups in total. The van der Waals surface area contributed by atoms with Crippen LogP contribution in [0, 0.1) is 5.92 Å². The molecule has 142 valence electrons.